The van der Waals surface area contributed by atoms with Crippen LogP contribution in [-0.4, -0.2) is 17.5 Å². The predicted molar refractivity (Wildman–Crippen MR) is 89.1 cm³/mol. The number of nitrogens with zero attached hydrogens (tertiary/aromatic N) is 2. The second-order valence-corrected chi connectivity index (χ2v) is 6.04. The zero-order valence-electron chi connectivity index (χ0n) is 10.9. The van der Waals surface area contributed by atoms with Gasteiger partial charge >= 0.3 is 0 Å². The smallest absolute Gasteiger partial charge is 0.204 e. The van der Waals surface area contributed by atoms with E-state index >= 15 is 0 Å². The lowest BCUT2D eigenvalue weighted by Gasteiger charge is -1.96. The van der Waals surface area contributed by atoms with Gasteiger partial charge in [-0.2, -0.15) is 5.10 Å². The number of benzene rings is 2. The Kier molecular flexibility index (Phi) is 3.99. The molecule has 2 aromatic carbocycles. The van der Waals surface area contributed by atoms with Crippen LogP contribution in [0.4, 0.5) is 5.13 Å². The highest BCUT2D eigenvalue weighted by Gasteiger charge is 2.00. The zero-order chi connectivity index (χ0) is 13.8. The molecule has 1 aromatic heterocycles. The summed E-state index contributed by atoms with van der Waals surface area (Å²) in [7, 11) is 0. The van der Waals surface area contributed by atoms with Crippen LogP contribution in [0.1, 0.15) is 5.56 Å². The van der Waals surface area contributed by atoms with E-state index in [0.29, 0.717) is 0 Å². The number of nitrogens with one attached hydrogen (secondary N) is 1. The van der Waals surface area contributed by atoms with Crippen molar-refractivity contribution in [3.63, 3.8) is 0 Å². The number of thioether (sulfide) groups is 1. The predicted octanol–water partition coefficient (Wildman–Crippen LogP) is 4.46. The minimum atomic E-state index is 0.809. The summed E-state index contributed by atoms with van der Waals surface area (Å²) in [4.78, 5) is 5.71. The van der Waals surface area contributed by atoms with Gasteiger partial charge in [-0.3, -0.25) is 5.43 Å². The number of rotatable bonds is 4. The van der Waals surface area contributed by atoms with Gasteiger partial charge in [-0.25, -0.2) is 4.98 Å². The van der Waals surface area contributed by atoms with Crippen LogP contribution < -0.4 is 5.43 Å². The lowest BCUT2D eigenvalue weighted by atomic mass is 10.2. The van der Waals surface area contributed by atoms with Crippen molar-refractivity contribution < 1.29 is 0 Å². The highest BCUT2D eigenvalue weighted by atomic mass is 32.2. The molecule has 0 saturated heterocycles. The lowest BCUT2D eigenvalue weighted by molar-refractivity contribution is 1.31. The highest BCUT2D eigenvalue weighted by molar-refractivity contribution is 7.98. The van der Waals surface area contributed by atoms with Crippen molar-refractivity contribution >= 4 is 44.7 Å². The Labute approximate surface area is 125 Å². The van der Waals surface area contributed by atoms with Gasteiger partial charge in [0.15, 0.2) is 0 Å². The van der Waals surface area contributed by atoms with Crippen molar-refractivity contribution in [3.8, 4) is 0 Å². The monoisotopic (exact) mass is 299 g/mol. The molecule has 0 fully saturated rings. The molecule has 0 spiro atoms. The molecular formula is C15H13N3S2. The molecule has 0 atom stereocenters. The van der Waals surface area contributed by atoms with Crippen molar-refractivity contribution in [2.75, 3.05) is 11.7 Å². The summed E-state index contributed by atoms with van der Waals surface area (Å²) in [6.45, 7) is 0. The summed E-state index contributed by atoms with van der Waals surface area (Å²) in [5.74, 6) is 0. The van der Waals surface area contributed by atoms with E-state index < -0.39 is 0 Å². The number of hydrogen-bond acceptors (Lipinski definition) is 5. The van der Waals surface area contributed by atoms with E-state index in [2.05, 4.69) is 52.1 Å². The number of anilines is 1. The Morgan fingerprint density at radius 3 is 2.70 bits per heavy atom. The molecule has 0 bridgehead atoms. The second kappa shape index (κ2) is 6.07. The molecule has 1 heterocycles. The molecule has 1 N–H and O–H groups in total. The standard InChI is InChI=1S/C15H13N3S2/c1-19-12-8-6-11(7-9-12)10-16-18-15-17-13-4-2-3-5-14(13)20-15/h2-10H,1H3,(H,17,18)/b16-10-. The largest absolute Gasteiger partial charge is 0.253 e. The first-order valence-corrected chi connectivity index (χ1v) is 8.18. The molecule has 0 aliphatic rings. The van der Waals surface area contributed by atoms with Gasteiger partial charge in [-0.15, -0.1) is 11.8 Å². The van der Waals surface area contributed by atoms with Gasteiger partial charge in [0, 0.05) is 4.90 Å². The molecule has 20 heavy (non-hydrogen) atoms. The SMILES string of the molecule is CSc1ccc(/C=N\Nc2nc3ccccc3s2)cc1. The van der Waals surface area contributed by atoms with E-state index in [0.717, 1.165) is 20.9 Å². The molecular weight excluding hydrogens is 286 g/mol. The van der Waals surface area contributed by atoms with Crippen LogP contribution in [0, 0.1) is 0 Å². The number of hydrazone groups is 1. The van der Waals surface area contributed by atoms with Crippen LogP contribution in [0.15, 0.2) is 58.5 Å². The first kappa shape index (κ1) is 13.1. The van der Waals surface area contributed by atoms with Gasteiger partial charge in [0.25, 0.3) is 0 Å². The average Bonchev–Trinajstić information content (AvgIpc) is 2.90. The summed E-state index contributed by atoms with van der Waals surface area (Å²) in [6.07, 6.45) is 3.87. The lowest BCUT2D eigenvalue weighted by Crippen LogP contribution is -1.89. The van der Waals surface area contributed by atoms with Crippen molar-refractivity contribution in [2.24, 2.45) is 5.10 Å². The third-order valence-corrected chi connectivity index (χ3v) is 4.47. The fraction of sp³-hybridized carbons (Fsp3) is 0.0667. The zero-order valence-corrected chi connectivity index (χ0v) is 12.5. The number of fused-ring (bicyclic) bond motifs is 1. The second-order valence-electron chi connectivity index (χ2n) is 4.13. The first-order valence-electron chi connectivity index (χ1n) is 6.14. The van der Waals surface area contributed by atoms with E-state index in [4.69, 9.17) is 0 Å². The molecule has 5 heteroatoms. The maximum absolute atomic E-state index is 4.46. The van der Waals surface area contributed by atoms with Crippen LogP contribution in [-0.2, 0) is 0 Å². The molecule has 3 nitrogen and oxygen atoms in total. The summed E-state index contributed by atoms with van der Waals surface area (Å²) in [5.41, 5.74) is 5.05. The Bertz CT molecular complexity index is 699. The first-order chi connectivity index (χ1) is 9.85. The van der Waals surface area contributed by atoms with Gasteiger partial charge in [0.2, 0.25) is 5.13 Å². The third-order valence-electron chi connectivity index (χ3n) is 2.78. The highest BCUT2D eigenvalue weighted by Crippen LogP contribution is 2.25. The molecule has 3 aromatic rings. The van der Waals surface area contributed by atoms with Gasteiger partial charge in [0.05, 0.1) is 16.4 Å². The van der Waals surface area contributed by atoms with Crippen molar-refractivity contribution in [1.82, 2.24) is 4.98 Å². The fourth-order valence-electron chi connectivity index (χ4n) is 1.77. The molecule has 0 saturated carbocycles. The Balaban J connectivity index is 1.69. The van der Waals surface area contributed by atoms with E-state index in [-0.39, 0.29) is 0 Å². The Hall–Kier alpha value is -1.85. The van der Waals surface area contributed by atoms with Gasteiger partial charge < -0.3 is 0 Å². The number of aromatic nitrogens is 1. The molecule has 0 amide bonds. The van der Waals surface area contributed by atoms with Crippen LogP contribution >= 0.6 is 23.1 Å². The van der Waals surface area contributed by atoms with Gasteiger partial charge in [-0.05, 0) is 36.1 Å². The van der Waals surface area contributed by atoms with E-state index in [1.54, 1.807) is 29.3 Å². The normalized spacial score (nSPS) is 11.2. The van der Waals surface area contributed by atoms with Crippen LogP contribution in [0.5, 0.6) is 0 Å². The fourth-order valence-corrected chi connectivity index (χ4v) is 3.00. The minimum absolute atomic E-state index is 0.809. The summed E-state index contributed by atoms with van der Waals surface area (Å²) in [5, 5.41) is 5.04. The Morgan fingerprint density at radius 1 is 1.15 bits per heavy atom. The molecule has 3 rings (SSSR count). The van der Waals surface area contributed by atoms with Crippen molar-refractivity contribution in [1.29, 1.82) is 0 Å². The molecule has 0 unspecified atom stereocenters. The number of hydrogen-bond donors (Lipinski definition) is 1. The topological polar surface area (TPSA) is 37.3 Å². The maximum Gasteiger partial charge on any atom is 0.204 e. The number of thiazole rings is 1. The minimum Gasteiger partial charge on any atom is -0.253 e. The Morgan fingerprint density at radius 2 is 1.95 bits per heavy atom. The third kappa shape index (κ3) is 3.00. The van der Waals surface area contributed by atoms with Crippen molar-refractivity contribution in [3.05, 3.63) is 54.1 Å². The van der Waals surface area contributed by atoms with Crippen LogP contribution in [0.2, 0.25) is 0 Å². The quantitative estimate of drug-likeness (QED) is 0.439. The molecule has 0 aliphatic heterocycles. The molecule has 0 aliphatic carbocycles. The summed E-state index contributed by atoms with van der Waals surface area (Å²) >= 11 is 3.33. The average molecular weight is 299 g/mol. The van der Waals surface area contributed by atoms with E-state index in [9.17, 15) is 0 Å². The summed E-state index contributed by atoms with van der Waals surface area (Å²) < 4.78 is 1.16. The summed E-state index contributed by atoms with van der Waals surface area (Å²) in [6, 6.07) is 16.3. The van der Waals surface area contributed by atoms with E-state index in [1.165, 1.54) is 4.90 Å². The molecule has 100 valence electrons. The van der Waals surface area contributed by atoms with Crippen LogP contribution in [0.25, 0.3) is 10.2 Å². The molecule has 0 radical (unpaired) electrons. The maximum atomic E-state index is 4.46. The van der Waals surface area contributed by atoms with Crippen molar-refractivity contribution in [2.45, 2.75) is 4.90 Å². The van der Waals surface area contributed by atoms with Gasteiger partial charge in [0.1, 0.15) is 0 Å². The number of para-hydroxylation sites is 1. The van der Waals surface area contributed by atoms with E-state index in [1.807, 2.05) is 18.2 Å². The van der Waals surface area contributed by atoms with Crippen LogP contribution in [0.3, 0.4) is 0 Å². The van der Waals surface area contributed by atoms with Gasteiger partial charge in [-0.1, -0.05) is 35.6 Å².